The quantitative estimate of drug-likeness (QED) is 0.363. The number of nitrogens with zero attached hydrogens (tertiary/aromatic N) is 2. The normalized spacial score (nSPS) is 9.47. The van der Waals surface area contributed by atoms with E-state index in [1.807, 2.05) is 6.07 Å². The molecule has 1 N–H and O–H groups in total. The third kappa shape index (κ3) is 4.63. The molecule has 0 unspecified atom stereocenters. The number of hydrogen-bond acceptors (Lipinski definition) is 6. The highest BCUT2D eigenvalue weighted by Gasteiger charge is 2.14. The molecule has 0 aliphatic heterocycles. The van der Waals surface area contributed by atoms with Gasteiger partial charge in [0.25, 0.3) is 5.69 Å². The molecule has 1 aromatic carbocycles. The fourth-order valence-corrected chi connectivity index (χ4v) is 1.41. The lowest BCUT2D eigenvalue weighted by atomic mass is 10.2. The molecule has 0 aliphatic carbocycles. The van der Waals surface area contributed by atoms with Crippen molar-refractivity contribution < 1.29 is 14.5 Å². The zero-order valence-electron chi connectivity index (χ0n) is 10.4. The Morgan fingerprint density at radius 3 is 2.89 bits per heavy atom. The number of benzene rings is 1. The molecule has 0 radical (unpaired) electrons. The van der Waals surface area contributed by atoms with Crippen LogP contribution in [0.4, 0.5) is 11.4 Å². The second-order valence-corrected chi connectivity index (χ2v) is 3.72. The largest absolute Gasteiger partial charge is 0.466 e. The van der Waals surface area contributed by atoms with Crippen LogP contribution in [0.2, 0.25) is 0 Å². The first kappa shape index (κ1) is 14.4. The molecule has 7 nitrogen and oxygen atoms in total. The van der Waals surface area contributed by atoms with Gasteiger partial charge in [0, 0.05) is 19.5 Å². The fourth-order valence-electron chi connectivity index (χ4n) is 1.41. The molecule has 0 aliphatic rings. The molecule has 0 saturated heterocycles. The molecule has 0 amide bonds. The first-order valence-electron chi connectivity index (χ1n) is 5.60. The molecule has 1 rings (SSSR count). The predicted molar refractivity (Wildman–Crippen MR) is 67.6 cm³/mol. The highest BCUT2D eigenvalue weighted by Crippen LogP contribution is 2.25. The van der Waals surface area contributed by atoms with Gasteiger partial charge >= 0.3 is 5.97 Å². The van der Waals surface area contributed by atoms with Gasteiger partial charge in [-0.2, -0.15) is 5.26 Å². The molecule has 100 valence electrons. The van der Waals surface area contributed by atoms with Crippen LogP contribution in [0.1, 0.15) is 18.9 Å². The zero-order valence-corrected chi connectivity index (χ0v) is 10.4. The highest BCUT2D eigenvalue weighted by molar-refractivity contribution is 5.66. The number of ether oxygens (including phenoxy) is 1. The van der Waals surface area contributed by atoms with E-state index in [4.69, 9.17) is 10.00 Å². The summed E-state index contributed by atoms with van der Waals surface area (Å²) in [4.78, 5) is 20.8. The predicted octanol–water partition coefficient (Wildman–Crippen LogP) is 1.83. The maximum absolute atomic E-state index is 10.9. The molecule has 0 fully saturated rings. The van der Waals surface area contributed by atoms with E-state index >= 15 is 0 Å². The number of nitriles is 1. The van der Waals surface area contributed by atoms with Gasteiger partial charge in [-0.15, -0.1) is 0 Å². The average Bonchev–Trinajstić information content (AvgIpc) is 2.38. The van der Waals surface area contributed by atoms with E-state index in [1.54, 1.807) is 0 Å². The van der Waals surface area contributed by atoms with Crippen molar-refractivity contribution in [1.82, 2.24) is 0 Å². The van der Waals surface area contributed by atoms with E-state index < -0.39 is 4.92 Å². The molecule has 19 heavy (non-hydrogen) atoms. The van der Waals surface area contributed by atoms with Gasteiger partial charge < -0.3 is 10.1 Å². The number of hydrogen-bond donors (Lipinski definition) is 1. The fraction of sp³-hybridized carbons (Fsp3) is 0.333. The van der Waals surface area contributed by atoms with E-state index in [-0.39, 0.29) is 23.8 Å². The lowest BCUT2D eigenvalue weighted by Crippen LogP contribution is -2.09. The summed E-state index contributed by atoms with van der Waals surface area (Å²) >= 11 is 0. The van der Waals surface area contributed by atoms with E-state index in [0.29, 0.717) is 18.7 Å². The van der Waals surface area contributed by atoms with Gasteiger partial charge in [-0.05, 0) is 18.6 Å². The molecule has 0 saturated carbocycles. The second-order valence-electron chi connectivity index (χ2n) is 3.72. The minimum atomic E-state index is -0.546. The van der Waals surface area contributed by atoms with Gasteiger partial charge in [0.05, 0.1) is 23.2 Å². The number of nitrogens with one attached hydrogen (secondary N) is 1. The molecular weight excluding hydrogens is 250 g/mol. The summed E-state index contributed by atoms with van der Waals surface area (Å²) in [5, 5.41) is 22.4. The van der Waals surface area contributed by atoms with Crippen LogP contribution in [0.5, 0.6) is 0 Å². The van der Waals surface area contributed by atoms with Crippen molar-refractivity contribution in [2.45, 2.75) is 13.3 Å². The third-order valence-electron chi connectivity index (χ3n) is 2.27. The van der Waals surface area contributed by atoms with Gasteiger partial charge in [0.1, 0.15) is 5.69 Å². The molecule has 7 heteroatoms. The van der Waals surface area contributed by atoms with Crippen molar-refractivity contribution in [2.24, 2.45) is 0 Å². The minimum absolute atomic E-state index is 0.147. The molecule has 0 bridgehead atoms. The maximum Gasteiger partial charge on any atom is 0.302 e. The van der Waals surface area contributed by atoms with Crippen molar-refractivity contribution in [3.63, 3.8) is 0 Å². The first-order valence-corrected chi connectivity index (χ1v) is 5.60. The Hall–Kier alpha value is -2.62. The summed E-state index contributed by atoms with van der Waals surface area (Å²) in [6, 6.07) is 6.06. The Kier molecular flexibility index (Phi) is 5.29. The first-order chi connectivity index (χ1) is 9.04. The second kappa shape index (κ2) is 6.96. The van der Waals surface area contributed by atoms with Crippen LogP contribution in [-0.4, -0.2) is 24.0 Å². The summed E-state index contributed by atoms with van der Waals surface area (Å²) in [5.41, 5.74) is 0.426. The summed E-state index contributed by atoms with van der Waals surface area (Å²) < 4.78 is 4.74. The summed E-state index contributed by atoms with van der Waals surface area (Å²) in [7, 11) is 0. The molecule has 0 aromatic heterocycles. The number of carbonyl (C=O) groups excluding carboxylic acids is 1. The summed E-state index contributed by atoms with van der Waals surface area (Å²) in [6.07, 6.45) is 0.538. The van der Waals surface area contributed by atoms with Crippen LogP contribution in [0, 0.1) is 21.4 Å². The van der Waals surface area contributed by atoms with Gasteiger partial charge in [0.2, 0.25) is 0 Å². The molecule has 0 spiro atoms. The van der Waals surface area contributed by atoms with Gasteiger partial charge in [-0.3, -0.25) is 14.9 Å². The smallest absolute Gasteiger partial charge is 0.302 e. The number of rotatable bonds is 6. The molecule has 1 aromatic rings. The van der Waals surface area contributed by atoms with Crippen molar-refractivity contribution in [3.05, 3.63) is 33.9 Å². The number of nitro groups is 1. The molecule has 0 atom stereocenters. The van der Waals surface area contributed by atoms with Crippen LogP contribution in [0.3, 0.4) is 0 Å². The Labute approximate surface area is 109 Å². The van der Waals surface area contributed by atoms with Crippen LogP contribution in [0.15, 0.2) is 18.2 Å². The standard InChI is InChI=1S/C12H13N3O4/c1-9(16)19-6-2-5-14-11-4-3-10(8-13)7-12(11)15(17)18/h3-4,7,14H,2,5-6H2,1H3. The number of esters is 1. The number of anilines is 1. The van der Waals surface area contributed by atoms with Gasteiger partial charge in [0.15, 0.2) is 0 Å². The van der Waals surface area contributed by atoms with Crippen LogP contribution >= 0.6 is 0 Å². The van der Waals surface area contributed by atoms with E-state index in [9.17, 15) is 14.9 Å². The van der Waals surface area contributed by atoms with Crippen molar-refractivity contribution in [3.8, 4) is 6.07 Å². The van der Waals surface area contributed by atoms with Gasteiger partial charge in [-0.25, -0.2) is 0 Å². The molecular formula is C12H13N3O4. The van der Waals surface area contributed by atoms with Crippen molar-refractivity contribution in [1.29, 1.82) is 5.26 Å². The zero-order chi connectivity index (χ0) is 14.3. The summed E-state index contributed by atoms with van der Waals surface area (Å²) in [5.74, 6) is -0.357. The molecule has 0 heterocycles. The van der Waals surface area contributed by atoms with E-state index in [0.717, 1.165) is 0 Å². The SMILES string of the molecule is CC(=O)OCCCNc1ccc(C#N)cc1[N+](=O)[O-]. The third-order valence-corrected chi connectivity index (χ3v) is 2.27. The Morgan fingerprint density at radius 2 is 2.32 bits per heavy atom. The highest BCUT2D eigenvalue weighted by atomic mass is 16.6. The number of carbonyl (C=O) groups is 1. The Balaban J connectivity index is 2.60. The lowest BCUT2D eigenvalue weighted by molar-refractivity contribution is -0.384. The Bertz CT molecular complexity index is 522. The minimum Gasteiger partial charge on any atom is -0.466 e. The van der Waals surface area contributed by atoms with E-state index in [1.165, 1.54) is 25.1 Å². The summed E-state index contributed by atoms with van der Waals surface area (Å²) in [6.45, 7) is 2.01. The van der Waals surface area contributed by atoms with Crippen LogP contribution in [-0.2, 0) is 9.53 Å². The topological polar surface area (TPSA) is 105 Å². The number of nitro benzene ring substituents is 1. The monoisotopic (exact) mass is 263 g/mol. The van der Waals surface area contributed by atoms with Crippen LogP contribution in [0.25, 0.3) is 0 Å². The van der Waals surface area contributed by atoms with E-state index in [2.05, 4.69) is 5.32 Å². The maximum atomic E-state index is 10.9. The van der Waals surface area contributed by atoms with Crippen LogP contribution < -0.4 is 5.32 Å². The Morgan fingerprint density at radius 1 is 1.58 bits per heavy atom. The van der Waals surface area contributed by atoms with Crippen molar-refractivity contribution in [2.75, 3.05) is 18.5 Å². The lowest BCUT2D eigenvalue weighted by Gasteiger charge is -2.07. The van der Waals surface area contributed by atoms with Gasteiger partial charge in [-0.1, -0.05) is 0 Å². The average molecular weight is 263 g/mol. The van der Waals surface area contributed by atoms with Crippen molar-refractivity contribution >= 4 is 17.3 Å².